The lowest BCUT2D eigenvalue weighted by molar-refractivity contribution is 0.0952. The Morgan fingerprint density at radius 3 is 2.60 bits per heavy atom. The van der Waals surface area contributed by atoms with Gasteiger partial charge in [-0.05, 0) is 42.5 Å². The minimum atomic E-state index is -0.227. The van der Waals surface area contributed by atoms with Gasteiger partial charge in [0.2, 0.25) is 0 Å². The van der Waals surface area contributed by atoms with Crippen LogP contribution in [0.15, 0.2) is 59.4 Å². The van der Waals surface area contributed by atoms with Crippen molar-refractivity contribution < 1.29 is 4.79 Å². The highest BCUT2D eigenvalue weighted by Gasteiger charge is 2.16. The number of para-hydroxylation sites is 1. The van der Waals surface area contributed by atoms with Crippen LogP contribution >= 0.6 is 0 Å². The fourth-order valence-corrected chi connectivity index (χ4v) is 4.33. The molecule has 1 N–H and O–H groups in total. The van der Waals surface area contributed by atoms with Crippen LogP contribution < -0.4 is 10.9 Å². The summed E-state index contributed by atoms with van der Waals surface area (Å²) < 4.78 is 1.56. The van der Waals surface area contributed by atoms with E-state index in [2.05, 4.69) is 41.4 Å². The van der Waals surface area contributed by atoms with Crippen LogP contribution in [0, 0.1) is 5.92 Å². The van der Waals surface area contributed by atoms with Crippen molar-refractivity contribution in [2.45, 2.75) is 32.9 Å². The third-order valence-electron chi connectivity index (χ3n) is 6.02. The number of carbonyl (C=O) groups excluding carboxylic acids is 1. The lowest BCUT2D eigenvalue weighted by Crippen LogP contribution is -2.33. The first kappa shape index (κ1) is 20.4. The first-order valence-corrected chi connectivity index (χ1v) is 10.7. The number of pyridine rings is 1. The van der Waals surface area contributed by atoms with Gasteiger partial charge in [-0.2, -0.15) is 0 Å². The summed E-state index contributed by atoms with van der Waals surface area (Å²) in [5, 5.41) is 3.74. The van der Waals surface area contributed by atoms with E-state index in [0.717, 1.165) is 28.9 Å². The highest BCUT2D eigenvalue weighted by Crippen LogP contribution is 2.19. The van der Waals surface area contributed by atoms with Crippen molar-refractivity contribution in [1.29, 1.82) is 0 Å². The monoisotopic (exact) mass is 403 g/mol. The predicted octanol–water partition coefficient (Wildman–Crippen LogP) is 3.70. The number of nitrogens with zero attached hydrogens (tertiary/aromatic N) is 2. The van der Waals surface area contributed by atoms with Gasteiger partial charge in [0.1, 0.15) is 0 Å². The van der Waals surface area contributed by atoms with Gasteiger partial charge in [-0.1, -0.05) is 49.4 Å². The number of likely N-dealkylation sites (tertiary alicyclic amines) is 1. The number of carbonyl (C=O) groups is 1. The molecular formula is C25H29N3O2. The normalized spacial score (nSPS) is 17.2. The van der Waals surface area contributed by atoms with E-state index in [1.807, 2.05) is 24.3 Å². The van der Waals surface area contributed by atoms with Gasteiger partial charge in [0, 0.05) is 38.1 Å². The molecular weight excluding hydrogens is 374 g/mol. The third-order valence-corrected chi connectivity index (χ3v) is 6.02. The second kappa shape index (κ2) is 8.84. The van der Waals surface area contributed by atoms with E-state index < -0.39 is 0 Å². The first-order valence-electron chi connectivity index (χ1n) is 10.7. The summed E-state index contributed by atoms with van der Waals surface area (Å²) in [5.41, 5.74) is 3.34. The van der Waals surface area contributed by atoms with Crippen LogP contribution in [0.4, 0.5) is 0 Å². The largest absolute Gasteiger partial charge is 0.348 e. The Balaban J connectivity index is 1.41. The number of amides is 1. The van der Waals surface area contributed by atoms with E-state index in [-0.39, 0.29) is 11.5 Å². The van der Waals surface area contributed by atoms with Gasteiger partial charge in [0.05, 0.1) is 11.1 Å². The molecule has 1 fully saturated rings. The van der Waals surface area contributed by atoms with Crippen LogP contribution in [0.3, 0.4) is 0 Å². The number of rotatable bonds is 5. The Morgan fingerprint density at radius 2 is 1.83 bits per heavy atom. The molecule has 5 nitrogen and oxygen atoms in total. The highest BCUT2D eigenvalue weighted by molar-refractivity contribution is 6.06. The number of aryl methyl sites for hydroxylation is 1. The Bertz CT molecular complexity index is 1100. The number of hydrogen-bond acceptors (Lipinski definition) is 3. The molecule has 1 aliphatic rings. The molecule has 0 saturated carbocycles. The Morgan fingerprint density at radius 1 is 1.10 bits per heavy atom. The molecule has 4 rings (SSSR count). The van der Waals surface area contributed by atoms with E-state index in [0.29, 0.717) is 12.1 Å². The van der Waals surface area contributed by atoms with Crippen molar-refractivity contribution in [2.24, 2.45) is 13.0 Å². The van der Waals surface area contributed by atoms with E-state index >= 15 is 0 Å². The number of fused-ring (bicyclic) bond motifs is 1. The molecule has 1 saturated heterocycles. The second-order valence-corrected chi connectivity index (χ2v) is 8.45. The van der Waals surface area contributed by atoms with Crippen LogP contribution in [0.1, 0.15) is 41.3 Å². The molecule has 0 bridgehead atoms. The molecule has 0 radical (unpaired) electrons. The van der Waals surface area contributed by atoms with E-state index in [4.69, 9.17) is 0 Å². The maximum atomic E-state index is 12.8. The molecule has 5 heteroatoms. The fraction of sp³-hybridized carbons (Fsp3) is 0.360. The average molecular weight is 404 g/mol. The summed E-state index contributed by atoms with van der Waals surface area (Å²) in [6, 6.07) is 17.3. The zero-order valence-corrected chi connectivity index (χ0v) is 17.7. The molecule has 1 aliphatic heterocycles. The molecule has 156 valence electrons. The maximum absolute atomic E-state index is 12.8. The van der Waals surface area contributed by atoms with Crippen molar-refractivity contribution >= 4 is 16.8 Å². The van der Waals surface area contributed by atoms with E-state index in [1.165, 1.54) is 37.6 Å². The number of piperidine rings is 1. The topological polar surface area (TPSA) is 54.3 Å². The molecule has 1 atom stereocenters. The average Bonchev–Trinajstić information content (AvgIpc) is 2.75. The lowest BCUT2D eigenvalue weighted by atomic mass is 9.99. The molecule has 0 aliphatic carbocycles. The standard InChI is InChI=1S/C25H29N3O2/c1-18-6-5-13-28(16-18)17-20-11-9-19(10-12-20)15-26-25(30)22-14-24(29)27(2)23-8-4-3-7-21(22)23/h3-4,7-12,14,18H,5-6,13,15-17H2,1-2H3,(H,26,30). The Kier molecular flexibility index (Phi) is 6.00. The van der Waals surface area contributed by atoms with Crippen molar-refractivity contribution in [2.75, 3.05) is 13.1 Å². The van der Waals surface area contributed by atoms with Crippen molar-refractivity contribution in [3.63, 3.8) is 0 Å². The number of benzene rings is 2. The molecule has 1 amide bonds. The number of hydrogen-bond donors (Lipinski definition) is 1. The van der Waals surface area contributed by atoms with E-state index in [1.54, 1.807) is 11.6 Å². The van der Waals surface area contributed by atoms with Crippen LogP contribution in [-0.2, 0) is 20.1 Å². The lowest BCUT2D eigenvalue weighted by Gasteiger charge is -2.30. The summed E-state index contributed by atoms with van der Waals surface area (Å²) in [5.74, 6) is 0.550. The van der Waals surface area contributed by atoms with Crippen LogP contribution in [0.5, 0.6) is 0 Å². The number of nitrogens with one attached hydrogen (secondary N) is 1. The molecule has 2 heterocycles. The summed E-state index contributed by atoms with van der Waals surface area (Å²) in [6.07, 6.45) is 2.61. The summed E-state index contributed by atoms with van der Waals surface area (Å²) in [7, 11) is 1.72. The fourth-order valence-electron chi connectivity index (χ4n) is 4.33. The third kappa shape index (κ3) is 4.46. The van der Waals surface area contributed by atoms with Gasteiger partial charge in [-0.3, -0.25) is 14.5 Å². The Hall–Kier alpha value is -2.92. The molecule has 1 aromatic heterocycles. The van der Waals surface area contributed by atoms with Gasteiger partial charge < -0.3 is 9.88 Å². The minimum absolute atomic E-state index is 0.185. The summed E-state index contributed by atoms with van der Waals surface area (Å²) in [6.45, 7) is 6.08. The van der Waals surface area contributed by atoms with Crippen molar-refractivity contribution in [1.82, 2.24) is 14.8 Å². The zero-order chi connectivity index (χ0) is 21.1. The minimum Gasteiger partial charge on any atom is -0.348 e. The van der Waals surface area contributed by atoms with Crippen molar-refractivity contribution in [3.05, 3.63) is 81.6 Å². The van der Waals surface area contributed by atoms with Gasteiger partial charge in [-0.15, -0.1) is 0 Å². The van der Waals surface area contributed by atoms with Crippen LogP contribution in [-0.4, -0.2) is 28.5 Å². The van der Waals surface area contributed by atoms with Gasteiger partial charge in [0.15, 0.2) is 0 Å². The summed E-state index contributed by atoms with van der Waals surface area (Å²) >= 11 is 0. The van der Waals surface area contributed by atoms with Gasteiger partial charge in [0.25, 0.3) is 11.5 Å². The second-order valence-electron chi connectivity index (χ2n) is 8.45. The van der Waals surface area contributed by atoms with Gasteiger partial charge >= 0.3 is 0 Å². The van der Waals surface area contributed by atoms with Crippen LogP contribution in [0.25, 0.3) is 10.9 Å². The molecule has 1 unspecified atom stereocenters. The van der Waals surface area contributed by atoms with Gasteiger partial charge in [-0.25, -0.2) is 0 Å². The van der Waals surface area contributed by atoms with Crippen LogP contribution in [0.2, 0.25) is 0 Å². The molecule has 3 aromatic rings. The highest BCUT2D eigenvalue weighted by atomic mass is 16.2. The number of aromatic nitrogens is 1. The Labute approximate surface area is 177 Å². The SMILES string of the molecule is CC1CCCN(Cc2ccc(CNC(=O)c3cc(=O)n(C)c4ccccc34)cc2)C1. The van der Waals surface area contributed by atoms with Crippen molar-refractivity contribution in [3.8, 4) is 0 Å². The first-order chi connectivity index (χ1) is 14.5. The predicted molar refractivity (Wildman–Crippen MR) is 120 cm³/mol. The molecule has 0 spiro atoms. The zero-order valence-electron chi connectivity index (χ0n) is 17.7. The smallest absolute Gasteiger partial charge is 0.252 e. The van der Waals surface area contributed by atoms with E-state index in [9.17, 15) is 9.59 Å². The quantitative estimate of drug-likeness (QED) is 0.707. The summed E-state index contributed by atoms with van der Waals surface area (Å²) in [4.78, 5) is 27.5. The molecule has 2 aromatic carbocycles. The molecule has 30 heavy (non-hydrogen) atoms. The maximum Gasteiger partial charge on any atom is 0.252 e.